The van der Waals surface area contributed by atoms with Gasteiger partial charge in [0, 0.05) is 25.0 Å². The lowest BCUT2D eigenvalue weighted by Gasteiger charge is -2.24. The maximum atomic E-state index is 5.94. The van der Waals surface area contributed by atoms with E-state index < -0.39 is 0 Å². The van der Waals surface area contributed by atoms with Crippen molar-refractivity contribution >= 4 is 0 Å². The first-order valence-corrected chi connectivity index (χ1v) is 4.17. The number of nitrogens with zero attached hydrogens (tertiary/aromatic N) is 1. The van der Waals surface area contributed by atoms with E-state index in [1.54, 1.807) is 0 Å². The van der Waals surface area contributed by atoms with E-state index in [1.165, 1.54) is 0 Å². The van der Waals surface area contributed by atoms with E-state index in [4.69, 9.17) is 5.73 Å². The van der Waals surface area contributed by atoms with Crippen molar-refractivity contribution in [2.45, 2.75) is 18.5 Å². The Labute approximate surface area is 68.1 Å². The first kappa shape index (κ1) is 7.32. The molecule has 0 spiro atoms. The predicted molar refractivity (Wildman–Crippen MR) is 45.6 cm³/mol. The molecule has 2 aliphatic carbocycles. The van der Waals surface area contributed by atoms with Gasteiger partial charge in [0.05, 0.1) is 0 Å². The minimum Gasteiger partial charge on any atom is -0.327 e. The largest absolute Gasteiger partial charge is 0.327 e. The number of hydrogen-bond acceptors (Lipinski definition) is 2. The van der Waals surface area contributed by atoms with Gasteiger partial charge in [0.25, 0.3) is 0 Å². The molecule has 4 atom stereocenters. The molecule has 0 aromatic rings. The molecule has 0 aliphatic heterocycles. The normalized spacial score (nSPS) is 47.6. The Kier molecular flexibility index (Phi) is 1.55. The highest BCUT2D eigenvalue weighted by molar-refractivity contribution is 5.19. The molecular formula is C9H15N2. The molecule has 2 heteroatoms. The summed E-state index contributed by atoms with van der Waals surface area (Å²) in [7, 11) is 5.97. The topological polar surface area (TPSA) is 29.3 Å². The van der Waals surface area contributed by atoms with E-state index in [2.05, 4.69) is 24.1 Å². The molecule has 1 radical (unpaired) electrons. The molecule has 1 fully saturated rings. The van der Waals surface area contributed by atoms with Gasteiger partial charge >= 0.3 is 0 Å². The van der Waals surface area contributed by atoms with Crippen LogP contribution in [0.25, 0.3) is 0 Å². The fourth-order valence-corrected chi connectivity index (χ4v) is 2.49. The molecule has 11 heavy (non-hydrogen) atoms. The van der Waals surface area contributed by atoms with Gasteiger partial charge in [0.15, 0.2) is 0 Å². The van der Waals surface area contributed by atoms with Crippen LogP contribution in [-0.2, 0) is 0 Å². The zero-order chi connectivity index (χ0) is 8.01. The van der Waals surface area contributed by atoms with E-state index in [0.29, 0.717) is 23.9 Å². The van der Waals surface area contributed by atoms with Crippen LogP contribution in [0.5, 0.6) is 0 Å². The van der Waals surface area contributed by atoms with Gasteiger partial charge in [-0.2, -0.15) is 0 Å². The third kappa shape index (κ3) is 0.932. The van der Waals surface area contributed by atoms with Crippen molar-refractivity contribution in [3.8, 4) is 0 Å². The molecule has 2 nitrogen and oxygen atoms in total. The van der Waals surface area contributed by atoms with E-state index in [1.807, 2.05) is 7.05 Å². The Morgan fingerprint density at radius 2 is 2.27 bits per heavy atom. The van der Waals surface area contributed by atoms with E-state index in [0.717, 1.165) is 6.42 Å². The number of hydrogen-bond donors (Lipinski definition) is 1. The molecule has 0 saturated heterocycles. The SMILES string of the molecule is [CH2]N(C)C1C2C=CC1C(N)C2. The van der Waals surface area contributed by atoms with Crippen LogP contribution in [0.3, 0.4) is 0 Å². The standard InChI is InChI=1S/C9H15N2/c1-11(2)9-6-3-4-7(9)8(10)5-6/h3-4,6-9H,1,5,10H2,2H3. The van der Waals surface area contributed by atoms with Crippen molar-refractivity contribution in [2.24, 2.45) is 17.6 Å². The van der Waals surface area contributed by atoms with Gasteiger partial charge in [0.1, 0.15) is 0 Å². The number of nitrogens with two attached hydrogens (primary N) is 1. The van der Waals surface area contributed by atoms with Gasteiger partial charge in [-0.05, 0) is 19.4 Å². The van der Waals surface area contributed by atoms with Gasteiger partial charge in [0.2, 0.25) is 0 Å². The van der Waals surface area contributed by atoms with Crippen molar-refractivity contribution < 1.29 is 0 Å². The van der Waals surface area contributed by atoms with Crippen LogP contribution in [0.2, 0.25) is 0 Å². The summed E-state index contributed by atoms with van der Waals surface area (Å²) in [5.74, 6) is 1.22. The van der Waals surface area contributed by atoms with Crippen molar-refractivity contribution in [3.63, 3.8) is 0 Å². The predicted octanol–water partition coefficient (Wildman–Crippen LogP) is 0.612. The quantitative estimate of drug-likeness (QED) is 0.556. The maximum Gasteiger partial charge on any atom is 0.0234 e. The highest BCUT2D eigenvalue weighted by Gasteiger charge is 2.43. The summed E-state index contributed by atoms with van der Waals surface area (Å²) >= 11 is 0. The smallest absolute Gasteiger partial charge is 0.0234 e. The molecular weight excluding hydrogens is 136 g/mol. The highest BCUT2D eigenvalue weighted by Crippen LogP contribution is 2.40. The fourth-order valence-electron chi connectivity index (χ4n) is 2.49. The highest BCUT2D eigenvalue weighted by atomic mass is 15.1. The van der Waals surface area contributed by atoms with Crippen LogP contribution in [0.1, 0.15) is 6.42 Å². The monoisotopic (exact) mass is 151 g/mol. The van der Waals surface area contributed by atoms with Crippen LogP contribution < -0.4 is 5.73 Å². The summed E-state index contributed by atoms with van der Waals surface area (Å²) < 4.78 is 0. The Morgan fingerprint density at radius 3 is 2.55 bits per heavy atom. The summed E-state index contributed by atoms with van der Waals surface area (Å²) in [6.45, 7) is 0. The minimum atomic E-state index is 0.374. The van der Waals surface area contributed by atoms with Crippen molar-refractivity contribution in [1.29, 1.82) is 0 Å². The van der Waals surface area contributed by atoms with Gasteiger partial charge < -0.3 is 10.6 Å². The van der Waals surface area contributed by atoms with E-state index in [9.17, 15) is 0 Å². The van der Waals surface area contributed by atoms with Crippen molar-refractivity contribution in [1.82, 2.24) is 4.90 Å². The Hall–Kier alpha value is -0.340. The van der Waals surface area contributed by atoms with Gasteiger partial charge in [-0.25, -0.2) is 0 Å². The van der Waals surface area contributed by atoms with Crippen LogP contribution in [0.15, 0.2) is 12.2 Å². The lowest BCUT2D eigenvalue weighted by molar-refractivity contribution is 0.269. The van der Waals surface area contributed by atoms with Crippen molar-refractivity contribution in [2.75, 3.05) is 7.05 Å². The first-order chi connectivity index (χ1) is 5.20. The minimum absolute atomic E-state index is 0.374. The average molecular weight is 151 g/mol. The van der Waals surface area contributed by atoms with Crippen molar-refractivity contribution in [3.05, 3.63) is 19.2 Å². The Balaban J connectivity index is 2.18. The number of fused-ring (bicyclic) bond motifs is 2. The Bertz CT molecular complexity index is 186. The summed E-state index contributed by atoms with van der Waals surface area (Å²) in [6.07, 6.45) is 5.69. The first-order valence-electron chi connectivity index (χ1n) is 4.17. The molecule has 0 amide bonds. The van der Waals surface area contributed by atoms with Gasteiger partial charge in [-0.15, -0.1) is 0 Å². The zero-order valence-corrected chi connectivity index (χ0v) is 6.90. The summed E-state index contributed by atoms with van der Waals surface area (Å²) in [5, 5.41) is 0. The molecule has 0 aromatic heterocycles. The average Bonchev–Trinajstić information content (AvgIpc) is 2.41. The molecule has 1 saturated carbocycles. The molecule has 0 heterocycles. The molecule has 61 valence electrons. The van der Waals surface area contributed by atoms with E-state index >= 15 is 0 Å². The second kappa shape index (κ2) is 2.32. The van der Waals surface area contributed by atoms with Gasteiger partial charge in [-0.1, -0.05) is 12.2 Å². The van der Waals surface area contributed by atoms with Gasteiger partial charge in [-0.3, -0.25) is 0 Å². The zero-order valence-electron chi connectivity index (χ0n) is 6.90. The molecule has 2 bridgehead atoms. The second-order valence-electron chi connectivity index (χ2n) is 3.77. The fraction of sp³-hybridized carbons (Fsp3) is 0.667. The van der Waals surface area contributed by atoms with E-state index in [-0.39, 0.29) is 0 Å². The lowest BCUT2D eigenvalue weighted by atomic mass is 10.0. The third-order valence-electron chi connectivity index (χ3n) is 2.96. The van der Waals surface area contributed by atoms with Crippen LogP contribution in [0.4, 0.5) is 0 Å². The molecule has 0 aromatic carbocycles. The third-order valence-corrected chi connectivity index (χ3v) is 2.96. The maximum absolute atomic E-state index is 5.94. The molecule has 2 N–H and O–H groups in total. The molecule has 4 unspecified atom stereocenters. The van der Waals surface area contributed by atoms with Crippen LogP contribution >= 0.6 is 0 Å². The lowest BCUT2D eigenvalue weighted by Crippen LogP contribution is -2.35. The summed E-state index contributed by atoms with van der Waals surface area (Å²) in [6, 6.07) is 0.948. The molecule has 2 rings (SSSR count). The van der Waals surface area contributed by atoms with Crippen LogP contribution in [0, 0.1) is 18.9 Å². The second-order valence-corrected chi connectivity index (χ2v) is 3.77. The summed E-state index contributed by atoms with van der Waals surface area (Å²) in [5.41, 5.74) is 5.94. The summed E-state index contributed by atoms with van der Waals surface area (Å²) in [4.78, 5) is 2.06. The van der Waals surface area contributed by atoms with Crippen LogP contribution in [-0.4, -0.2) is 24.0 Å². The number of rotatable bonds is 1. The molecule has 2 aliphatic rings. The Morgan fingerprint density at radius 1 is 1.55 bits per heavy atom.